The van der Waals surface area contributed by atoms with E-state index >= 15 is 0 Å². The number of hydrogen-bond acceptors (Lipinski definition) is 7. The van der Waals surface area contributed by atoms with E-state index in [0.717, 1.165) is 23.1 Å². The van der Waals surface area contributed by atoms with Gasteiger partial charge in [-0.3, -0.25) is 4.79 Å². The van der Waals surface area contributed by atoms with Crippen LogP contribution in [0.5, 0.6) is 5.75 Å². The first-order valence-electron chi connectivity index (χ1n) is 10.6. The molecule has 16 heteroatoms. The smallest absolute Gasteiger partial charge is 0.422 e. The molecule has 0 radical (unpaired) electrons. The Morgan fingerprint density at radius 3 is 2.29 bits per heavy atom. The van der Waals surface area contributed by atoms with E-state index in [4.69, 9.17) is 0 Å². The summed E-state index contributed by atoms with van der Waals surface area (Å²) < 4.78 is 83.2. The van der Waals surface area contributed by atoms with Gasteiger partial charge in [-0.1, -0.05) is 0 Å². The quantitative estimate of drug-likeness (QED) is 0.373. The van der Waals surface area contributed by atoms with Crippen molar-refractivity contribution in [3.8, 4) is 17.8 Å². The van der Waals surface area contributed by atoms with Crippen molar-refractivity contribution in [3.05, 3.63) is 57.8 Å². The zero-order chi connectivity index (χ0) is 28.5. The first-order chi connectivity index (χ1) is 17.5. The number of alkyl halides is 6. The van der Waals surface area contributed by atoms with E-state index in [1.165, 1.54) is 26.8 Å². The molecule has 202 valence electrons. The van der Waals surface area contributed by atoms with Crippen LogP contribution in [0.2, 0.25) is 0 Å². The Hall–Kier alpha value is -3.74. The molecular formula is C22H18BrF6N7O2. The summed E-state index contributed by atoms with van der Waals surface area (Å²) in [4.78, 5) is 24.9. The minimum Gasteiger partial charge on any atom is -0.481 e. The van der Waals surface area contributed by atoms with E-state index in [1.54, 1.807) is 0 Å². The van der Waals surface area contributed by atoms with Crippen LogP contribution in [0.4, 0.5) is 26.3 Å². The lowest BCUT2D eigenvalue weighted by atomic mass is 9.84. The minimum atomic E-state index is -4.76. The molecule has 0 saturated heterocycles. The van der Waals surface area contributed by atoms with Gasteiger partial charge in [0.05, 0.1) is 35.5 Å². The van der Waals surface area contributed by atoms with Crippen molar-refractivity contribution in [3.63, 3.8) is 0 Å². The Morgan fingerprint density at radius 2 is 1.74 bits per heavy atom. The number of aromatic nitrogens is 5. The van der Waals surface area contributed by atoms with Gasteiger partial charge in [0, 0.05) is 5.56 Å². The molecule has 1 aromatic carbocycles. The van der Waals surface area contributed by atoms with Gasteiger partial charge in [-0.2, -0.15) is 36.3 Å². The molecule has 0 bridgehead atoms. The third kappa shape index (κ3) is 6.97. The normalized spacial score (nSPS) is 13.1. The highest BCUT2D eigenvalue weighted by atomic mass is 79.9. The lowest BCUT2D eigenvalue weighted by Crippen LogP contribution is -2.30. The van der Waals surface area contributed by atoms with E-state index in [2.05, 4.69) is 46.0 Å². The molecule has 1 amide bonds. The predicted octanol–water partition coefficient (Wildman–Crippen LogP) is 5.07. The number of hydrogen-bond donors (Lipinski definition) is 1. The Balaban J connectivity index is 1.88. The van der Waals surface area contributed by atoms with Gasteiger partial charge in [0.2, 0.25) is 4.73 Å². The topological polar surface area (TPSA) is 119 Å². The zero-order valence-corrected chi connectivity index (χ0v) is 21.4. The molecule has 2 heterocycles. The van der Waals surface area contributed by atoms with Gasteiger partial charge in [-0.05, 0) is 60.5 Å². The van der Waals surface area contributed by atoms with Crippen molar-refractivity contribution in [2.45, 2.75) is 44.6 Å². The maximum Gasteiger partial charge on any atom is 0.422 e. The number of ether oxygens (including phenoxy) is 1. The fourth-order valence-corrected chi connectivity index (χ4v) is 3.42. The van der Waals surface area contributed by atoms with Gasteiger partial charge in [0.15, 0.2) is 18.2 Å². The SMILES string of the molecule is CC(NC(=O)c1cc(C(F)(F)F)cc(C(C)(C)C#N)c1)c1nc(Br)nn1-c1ncc(OCC(F)(F)F)cn1. The summed E-state index contributed by atoms with van der Waals surface area (Å²) in [5.41, 5.74) is -2.74. The molecule has 0 aliphatic heterocycles. The summed E-state index contributed by atoms with van der Waals surface area (Å²) in [6, 6.07) is 3.64. The molecule has 9 nitrogen and oxygen atoms in total. The maximum atomic E-state index is 13.5. The summed E-state index contributed by atoms with van der Waals surface area (Å²) in [6.07, 6.45) is -7.35. The standard InChI is InChI=1S/C22H18BrF6N7O2/c1-11(33-17(37)12-4-13(20(2,3)9-30)6-14(5-12)22(27,28)29)16-34-18(23)35-36(16)19-31-7-15(8-32-19)38-10-21(24,25)26/h4-8,11H,10H2,1-3H3,(H,33,37). The van der Waals surface area contributed by atoms with Gasteiger partial charge in [0.25, 0.3) is 11.9 Å². The van der Waals surface area contributed by atoms with E-state index in [9.17, 15) is 36.4 Å². The highest BCUT2D eigenvalue weighted by Crippen LogP contribution is 2.34. The van der Waals surface area contributed by atoms with E-state index in [-0.39, 0.29) is 33.4 Å². The van der Waals surface area contributed by atoms with Gasteiger partial charge in [-0.25, -0.2) is 15.0 Å². The third-order valence-corrected chi connectivity index (χ3v) is 5.41. The number of amides is 1. The van der Waals surface area contributed by atoms with Gasteiger partial charge < -0.3 is 10.1 Å². The minimum absolute atomic E-state index is 0.000212. The molecule has 0 saturated carbocycles. The van der Waals surface area contributed by atoms with Crippen LogP contribution in [0.25, 0.3) is 5.95 Å². The van der Waals surface area contributed by atoms with E-state index < -0.39 is 41.9 Å². The van der Waals surface area contributed by atoms with Gasteiger partial charge >= 0.3 is 12.4 Å². The van der Waals surface area contributed by atoms with Crippen LogP contribution in [0.1, 0.15) is 54.1 Å². The fraction of sp³-hybridized carbons (Fsp3) is 0.364. The van der Waals surface area contributed by atoms with E-state index in [0.29, 0.717) is 6.07 Å². The molecule has 0 aliphatic rings. The van der Waals surface area contributed by atoms with Gasteiger partial charge in [-0.15, -0.1) is 5.10 Å². The van der Waals surface area contributed by atoms with Crippen molar-refractivity contribution >= 4 is 21.8 Å². The summed E-state index contributed by atoms with van der Waals surface area (Å²) >= 11 is 3.07. The number of halogens is 7. The molecule has 0 aliphatic carbocycles. The lowest BCUT2D eigenvalue weighted by Gasteiger charge is -2.20. The summed E-state index contributed by atoms with van der Waals surface area (Å²) in [5, 5.41) is 15.9. The number of carbonyl (C=O) groups excluding carboxylic acids is 1. The largest absolute Gasteiger partial charge is 0.481 e. The summed E-state index contributed by atoms with van der Waals surface area (Å²) in [5.74, 6) is -1.22. The number of rotatable bonds is 7. The maximum absolute atomic E-state index is 13.5. The molecule has 3 rings (SSSR count). The monoisotopic (exact) mass is 605 g/mol. The van der Waals surface area contributed by atoms with Crippen molar-refractivity contribution in [1.82, 2.24) is 30.0 Å². The zero-order valence-electron chi connectivity index (χ0n) is 19.8. The Morgan fingerprint density at radius 1 is 1.13 bits per heavy atom. The van der Waals surface area contributed by atoms with Crippen LogP contribution in [0.15, 0.2) is 35.3 Å². The van der Waals surface area contributed by atoms with Crippen LogP contribution < -0.4 is 10.1 Å². The predicted molar refractivity (Wildman–Crippen MR) is 122 cm³/mol. The lowest BCUT2D eigenvalue weighted by molar-refractivity contribution is -0.153. The first kappa shape index (κ1) is 28.8. The van der Waals surface area contributed by atoms with Crippen molar-refractivity contribution < 1.29 is 35.9 Å². The van der Waals surface area contributed by atoms with Crippen LogP contribution in [-0.2, 0) is 11.6 Å². The van der Waals surface area contributed by atoms with Crippen LogP contribution in [-0.4, -0.2) is 43.4 Å². The molecule has 1 atom stereocenters. The Kier molecular flexibility index (Phi) is 8.01. The molecule has 3 aromatic rings. The highest BCUT2D eigenvalue weighted by Gasteiger charge is 2.34. The summed E-state index contributed by atoms with van der Waals surface area (Å²) in [7, 11) is 0. The number of nitriles is 1. The van der Waals surface area contributed by atoms with Crippen LogP contribution >= 0.6 is 15.9 Å². The highest BCUT2D eigenvalue weighted by molar-refractivity contribution is 9.10. The molecule has 0 fully saturated rings. The average molecular weight is 606 g/mol. The summed E-state index contributed by atoms with van der Waals surface area (Å²) in [6.45, 7) is 2.78. The molecule has 2 aromatic heterocycles. The second-order valence-corrected chi connectivity index (χ2v) is 9.21. The number of nitrogens with one attached hydrogen (secondary N) is 1. The number of nitrogens with zero attached hydrogens (tertiary/aromatic N) is 6. The van der Waals surface area contributed by atoms with Crippen molar-refractivity contribution in [2.75, 3.05) is 6.61 Å². The number of carbonyl (C=O) groups is 1. The molecule has 38 heavy (non-hydrogen) atoms. The number of benzene rings is 1. The molecule has 1 unspecified atom stereocenters. The molecule has 1 N–H and O–H groups in total. The Bertz CT molecular complexity index is 1360. The van der Waals surface area contributed by atoms with Crippen molar-refractivity contribution in [1.29, 1.82) is 5.26 Å². The van der Waals surface area contributed by atoms with Crippen molar-refractivity contribution in [2.24, 2.45) is 0 Å². The molecular weight excluding hydrogens is 588 g/mol. The van der Waals surface area contributed by atoms with Gasteiger partial charge in [0.1, 0.15) is 0 Å². The average Bonchev–Trinajstić information content (AvgIpc) is 3.23. The fourth-order valence-electron chi connectivity index (χ4n) is 3.08. The van der Waals surface area contributed by atoms with E-state index in [1.807, 2.05) is 6.07 Å². The second-order valence-electron chi connectivity index (χ2n) is 8.50. The molecule has 0 spiro atoms. The van der Waals surface area contributed by atoms with Crippen LogP contribution in [0.3, 0.4) is 0 Å². The Labute approximate surface area is 220 Å². The van der Waals surface area contributed by atoms with Crippen LogP contribution in [0, 0.1) is 11.3 Å². The first-order valence-corrected chi connectivity index (χ1v) is 11.4. The second kappa shape index (κ2) is 10.6. The third-order valence-electron chi connectivity index (χ3n) is 5.07.